The Morgan fingerprint density at radius 1 is 1.30 bits per heavy atom. The third kappa shape index (κ3) is 5.75. The number of hydrogen-bond acceptors (Lipinski definition) is 4. The van der Waals surface area contributed by atoms with Gasteiger partial charge in [0.05, 0.1) is 5.75 Å². The summed E-state index contributed by atoms with van der Waals surface area (Å²) in [5.41, 5.74) is 0.576. The molecule has 1 amide bonds. The number of halogens is 1. The fourth-order valence-corrected chi connectivity index (χ4v) is 2.60. The van der Waals surface area contributed by atoms with Gasteiger partial charge in [-0.3, -0.25) is 9.59 Å². The van der Waals surface area contributed by atoms with Gasteiger partial charge in [-0.05, 0) is 12.1 Å². The van der Waals surface area contributed by atoms with Crippen molar-refractivity contribution in [2.45, 2.75) is 13.0 Å². The lowest BCUT2D eigenvalue weighted by atomic mass is 10.2. The molecule has 0 saturated carbocycles. The van der Waals surface area contributed by atoms with E-state index in [4.69, 9.17) is 5.11 Å². The number of thioether (sulfide) groups is 1. The Morgan fingerprint density at radius 2 is 1.90 bits per heavy atom. The van der Waals surface area contributed by atoms with Gasteiger partial charge in [-0.1, -0.05) is 28.1 Å². The van der Waals surface area contributed by atoms with Crippen LogP contribution in [0.4, 0.5) is 0 Å². The summed E-state index contributed by atoms with van der Waals surface area (Å²) in [6.45, 7) is 1.26. The number of amides is 1. The average molecular weight is 360 g/mol. The van der Waals surface area contributed by atoms with Crippen molar-refractivity contribution in [2.75, 3.05) is 11.5 Å². The zero-order valence-electron chi connectivity index (χ0n) is 10.8. The molecular weight excluding hydrogens is 346 g/mol. The molecule has 0 aliphatic heterocycles. The van der Waals surface area contributed by atoms with Crippen LogP contribution in [-0.2, 0) is 9.59 Å². The molecule has 0 bridgehead atoms. The van der Waals surface area contributed by atoms with Crippen LogP contribution >= 0.6 is 27.7 Å². The number of carboxylic acid groups (broad SMARTS) is 1. The number of carbonyl (C=O) groups excluding carboxylic acids is 2. The first-order valence-electron chi connectivity index (χ1n) is 5.76. The van der Waals surface area contributed by atoms with E-state index in [1.165, 1.54) is 18.7 Å². The van der Waals surface area contributed by atoms with Crippen molar-refractivity contribution in [3.8, 4) is 0 Å². The number of aliphatic carboxylic acids is 1. The van der Waals surface area contributed by atoms with Crippen LogP contribution in [-0.4, -0.2) is 40.3 Å². The summed E-state index contributed by atoms with van der Waals surface area (Å²) in [5.74, 6) is -1.27. The van der Waals surface area contributed by atoms with Gasteiger partial charge in [-0.15, -0.1) is 0 Å². The van der Waals surface area contributed by atoms with Crippen LogP contribution in [0, 0.1) is 0 Å². The van der Waals surface area contributed by atoms with Gasteiger partial charge in [0.15, 0.2) is 5.78 Å². The van der Waals surface area contributed by atoms with E-state index < -0.39 is 17.9 Å². The molecule has 0 saturated heterocycles. The van der Waals surface area contributed by atoms with Gasteiger partial charge in [0.1, 0.15) is 6.04 Å². The Morgan fingerprint density at radius 3 is 2.40 bits per heavy atom. The summed E-state index contributed by atoms with van der Waals surface area (Å²) in [6, 6.07) is 5.98. The minimum absolute atomic E-state index is 0.0746. The number of rotatable bonds is 7. The number of carboxylic acids is 1. The van der Waals surface area contributed by atoms with Crippen molar-refractivity contribution in [1.29, 1.82) is 0 Å². The van der Waals surface area contributed by atoms with Crippen LogP contribution in [0.25, 0.3) is 0 Å². The Labute approximate surface area is 129 Å². The van der Waals surface area contributed by atoms with E-state index in [2.05, 4.69) is 21.2 Å². The summed E-state index contributed by atoms with van der Waals surface area (Å²) in [6.07, 6.45) is 0. The summed E-state index contributed by atoms with van der Waals surface area (Å²) in [4.78, 5) is 33.6. The Bertz CT molecular complexity index is 504. The molecule has 1 unspecified atom stereocenters. The summed E-state index contributed by atoms with van der Waals surface area (Å²) >= 11 is 4.47. The standard InChI is InChI=1S/C13H14BrNO4S/c1-8(16)15-11(13(18)19)6-20-7-12(17)9-2-4-10(14)5-3-9/h2-5,11H,6-7H2,1H3,(H,15,16)(H,18,19). The van der Waals surface area contributed by atoms with E-state index >= 15 is 0 Å². The maximum atomic E-state index is 11.9. The highest BCUT2D eigenvalue weighted by molar-refractivity contribution is 9.10. The van der Waals surface area contributed by atoms with Gasteiger partial charge in [0.25, 0.3) is 0 Å². The fraction of sp³-hybridized carbons (Fsp3) is 0.308. The summed E-state index contributed by atoms with van der Waals surface area (Å²) < 4.78 is 0.887. The fourth-order valence-electron chi connectivity index (χ4n) is 1.41. The number of nitrogens with one attached hydrogen (secondary N) is 1. The smallest absolute Gasteiger partial charge is 0.327 e. The molecule has 2 N–H and O–H groups in total. The molecule has 7 heteroatoms. The lowest BCUT2D eigenvalue weighted by Crippen LogP contribution is -2.41. The molecule has 0 heterocycles. The third-order valence-corrected chi connectivity index (χ3v) is 3.92. The summed E-state index contributed by atoms with van der Waals surface area (Å²) in [7, 11) is 0. The molecule has 0 aromatic heterocycles. The van der Waals surface area contributed by atoms with Crippen LogP contribution < -0.4 is 5.32 Å². The molecule has 1 aromatic carbocycles. The van der Waals surface area contributed by atoms with Gasteiger partial charge < -0.3 is 10.4 Å². The SMILES string of the molecule is CC(=O)NC(CSCC(=O)c1ccc(Br)cc1)C(=O)O. The molecule has 1 atom stereocenters. The van der Waals surface area contributed by atoms with Gasteiger partial charge in [0, 0.05) is 22.7 Å². The molecule has 5 nitrogen and oxygen atoms in total. The van der Waals surface area contributed by atoms with Gasteiger partial charge in [-0.2, -0.15) is 11.8 Å². The van der Waals surface area contributed by atoms with Crippen LogP contribution in [0.2, 0.25) is 0 Å². The molecular formula is C13H14BrNO4S. The number of carbonyl (C=O) groups is 3. The van der Waals surface area contributed by atoms with Crippen molar-refractivity contribution < 1.29 is 19.5 Å². The first-order valence-corrected chi connectivity index (χ1v) is 7.71. The Balaban J connectivity index is 2.46. The molecule has 1 aromatic rings. The largest absolute Gasteiger partial charge is 0.480 e. The van der Waals surface area contributed by atoms with Crippen LogP contribution in [0.15, 0.2) is 28.7 Å². The second kappa shape index (κ2) is 8.06. The van der Waals surface area contributed by atoms with Crippen molar-refractivity contribution in [3.05, 3.63) is 34.3 Å². The lowest BCUT2D eigenvalue weighted by Gasteiger charge is -2.12. The van der Waals surface area contributed by atoms with Crippen molar-refractivity contribution in [2.24, 2.45) is 0 Å². The monoisotopic (exact) mass is 359 g/mol. The molecule has 0 aliphatic carbocycles. The van der Waals surface area contributed by atoms with Gasteiger partial charge in [0.2, 0.25) is 5.91 Å². The van der Waals surface area contributed by atoms with Crippen LogP contribution in [0.3, 0.4) is 0 Å². The predicted molar refractivity (Wildman–Crippen MR) is 81.0 cm³/mol. The quantitative estimate of drug-likeness (QED) is 0.727. The number of benzene rings is 1. The molecule has 0 radical (unpaired) electrons. The van der Waals surface area contributed by atoms with Crippen molar-refractivity contribution in [3.63, 3.8) is 0 Å². The first-order chi connectivity index (χ1) is 9.40. The Kier molecular flexibility index (Phi) is 6.74. The highest BCUT2D eigenvalue weighted by Gasteiger charge is 2.18. The van der Waals surface area contributed by atoms with Crippen molar-refractivity contribution in [1.82, 2.24) is 5.32 Å². The van der Waals surface area contributed by atoms with Crippen LogP contribution in [0.5, 0.6) is 0 Å². The third-order valence-electron chi connectivity index (χ3n) is 2.36. The predicted octanol–water partition coefficient (Wildman–Crippen LogP) is 1.95. The zero-order valence-corrected chi connectivity index (χ0v) is 13.2. The topological polar surface area (TPSA) is 83.5 Å². The molecule has 20 heavy (non-hydrogen) atoms. The van der Waals surface area contributed by atoms with Gasteiger partial charge in [-0.25, -0.2) is 4.79 Å². The highest BCUT2D eigenvalue weighted by atomic mass is 79.9. The minimum Gasteiger partial charge on any atom is -0.480 e. The van der Waals surface area contributed by atoms with E-state index in [0.29, 0.717) is 5.56 Å². The molecule has 0 fully saturated rings. The minimum atomic E-state index is -1.11. The van der Waals surface area contributed by atoms with Gasteiger partial charge >= 0.3 is 5.97 Å². The van der Waals surface area contributed by atoms with Crippen LogP contribution in [0.1, 0.15) is 17.3 Å². The van der Waals surface area contributed by atoms with E-state index in [0.717, 1.165) is 4.47 Å². The van der Waals surface area contributed by atoms with Crippen molar-refractivity contribution >= 4 is 45.4 Å². The average Bonchev–Trinajstić information content (AvgIpc) is 2.37. The normalized spacial score (nSPS) is 11.7. The number of Topliss-reactive ketones (excluding diaryl/α,β-unsaturated/α-hetero) is 1. The maximum absolute atomic E-state index is 11.9. The lowest BCUT2D eigenvalue weighted by molar-refractivity contribution is -0.140. The maximum Gasteiger partial charge on any atom is 0.327 e. The Hall–Kier alpha value is -1.34. The first kappa shape index (κ1) is 16.7. The molecule has 0 spiro atoms. The molecule has 0 aliphatic rings. The highest BCUT2D eigenvalue weighted by Crippen LogP contribution is 2.13. The van der Waals surface area contributed by atoms with E-state index in [1.807, 2.05) is 0 Å². The zero-order chi connectivity index (χ0) is 15.1. The second-order valence-electron chi connectivity index (χ2n) is 4.04. The summed E-state index contributed by atoms with van der Waals surface area (Å²) in [5, 5.41) is 11.2. The van der Waals surface area contributed by atoms with E-state index in [1.54, 1.807) is 24.3 Å². The molecule has 108 valence electrons. The number of ketones is 1. The molecule has 1 rings (SSSR count). The van der Waals surface area contributed by atoms with E-state index in [-0.39, 0.29) is 17.3 Å². The number of hydrogen-bond donors (Lipinski definition) is 2. The van der Waals surface area contributed by atoms with E-state index in [9.17, 15) is 14.4 Å². The second-order valence-corrected chi connectivity index (χ2v) is 5.98.